The summed E-state index contributed by atoms with van der Waals surface area (Å²) in [5.41, 5.74) is -0.717. The van der Waals surface area contributed by atoms with Crippen LogP contribution in [0, 0.1) is 0 Å². The van der Waals surface area contributed by atoms with Gasteiger partial charge in [0, 0.05) is 37.0 Å². The minimum Gasteiger partial charge on any atom is -0.479 e. The first-order valence-corrected chi connectivity index (χ1v) is 12.5. The number of alkyl halides is 3. The molecule has 1 aliphatic carbocycles. The van der Waals surface area contributed by atoms with Crippen molar-refractivity contribution in [3.8, 4) is 0 Å². The maximum atomic E-state index is 13.5. The lowest BCUT2D eigenvalue weighted by molar-refractivity contribution is -0.148. The molecular formula is C28H30F3N3O4. The van der Waals surface area contributed by atoms with Crippen LogP contribution in [0.25, 0.3) is 10.9 Å². The van der Waals surface area contributed by atoms with Crippen LogP contribution in [0.15, 0.2) is 48.5 Å². The highest BCUT2D eigenvalue weighted by atomic mass is 19.4. The number of carbonyl (C=O) groups excluding carboxylic acids is 2. The van der Waals surface area contributed by atoms with Crippen LogP contribution in [-0.4, -0.2) is 51.4 Å². The normalized spacial score (nSPS) is 18.0. The number of fused-ring (bicyclic) bond motifs is 3. The Morgan fingerprint density at radius 3 is 2.47 bits per heavy atom. The molecule has 0 radical (unpaired) electrons. The first-order valence-electron chi connectivity index (χ1n) is 12.5. The van der Waals surface area contributed by atoms with Crippen molar-refractivity contribution in [2.45, 2.75) is 63.2 Å². The molecule has 0 spiro atoms. The number of rotatable bonds is 8. The van der Waals surface area contributed by atoms with Crippen LogP contribution < -0.4 is 5.32 Å². The smallest absolute Gasteiger partial charge is 0.418 e. The van der Waals surface area contributed by atoms with Gasteiger partial charge in [0.25, 0.3) is 0 Å². The Kier molecular flexibility index (Phi) is 7.53. The molecule has 0 saturated carbocycles. The summed E-state index contributed by atoms with van der Waals surface area (Å²) in [6, 6.07) is 12.6. The Bertz CT molecular complexity index is 1350. The number of nitrogens with zero attached hydrogens (tertiary/aromatic N) is 1. The molecule has 0 unspecified atom stereocenters. The molecule has 2 amide bonds. The van der Waals surface area contributed by atoms with Gasteiger partial charge in [-0.25, -0.2) is 4.79 Å². The van der Waals surface area contributed by atoms with Gasteiger partial charge in [-0.2, -0.15) is 13.2 Å². The standard InChI is InChI=1S/C28H30F3N3O4/c1-3-18(34(2)24(36)14-17-8-5-4-6-9-17)15-23(35)33-27(26(37)38)13-12-22-20(16-27)19-10-7-11-21(25(19)32-22)28(29,30)31/h4-11,18,32H,3,12-16H2,1-2H3,(H,33,35)(H,37,38)/t18-,27+/m0/s1. The second-order valence-corrected chi connectivity index (χ2v) is 9.85. The Balaban J connectivity index is 1.52. The number of aromatic nitrogens is 1. The summed E-state index contributed by atoms with van der Waals surface area (Å²) in [4.78, 5) is 42.7. The topological polar surface area (TPSA) is 102 Å². The molecule has 0 bridgehead atoms. The number of likely N-dealkylation sites (N-methyl/N-ethyl adjacent to an activating group) is 1. The molecule has 38 heavy (non-hydrogen) atoms. The molecule has 0 fully saturated rings. The lowest BCUT2D eigenvalue weighted by Crippen LogP contribution is -2.58. The van der Waals surface area contributed by atoms with Gasteiger partial charge < -0.3 is 20.3 Å². The maximum absolute atomic E-state index is 13.5. The summed E-state index contributed by atoms with van der Waals surface area (Å²) in [6.07, 6.45) is -3.96. The van der Waals surface area contributed by atoms with E-state index in [1.165, 1.54) is 17.0 Å². The highest BCUT2D eigenvalue weighted by Gasteiger charge is 2.45. The van der Waals surface area contributed by atoms with Gasteiger partial charge in [-0.05, 0) is 36.5 Å². The van der Waals surface area contributed by atoms with Gasteiger partial charge in [0.2, 0.25) is 11.8 Å². The van der Waals surface area contributed by atoms with E-state index >= 15 is 0 Å². The number of benzene rings is 2. The lowest BCUT2D eigenvalue weighted by Gasteiger charge is -2.35. The summed E-state index contributed by atoms with van der Waals surface area (Å²) >= 11 is 0. The minimum atomic E-state index is -4.57. The van der Waals surface area contributed by atoms with Crippen molar-refractivity contribution in [3.05, 3.63) is 70.9 Å². The van der Waals surface area contributed by atoms with Crippen LogP contribution >= 0.6 is 0 Å². The van der Waals surface area contributed by atoms with Gasteiger partial charge in [0.15, 0.2) is 0 Å². The Labute approximate surface area is 218 Å². The highest BCUT2D eigenvalue weighted by Crippen LogP contribution is 2.40. The molecule has 0 aliphatic heterocycles. The van der Waals surface area contributed by atoms with E-state index in [2.05, 4.69) is 10.3 Å². The number of carboxylic acids is 1. The summed E-state index contributed by atoms with van der Waals surface area (Å²) in [5, 5.41) is 13.1. The number of hydrogen-bond donors (Lipinski definition) is 3. The van der Waals surface area contributed by atoms with Crippen LogP contribution in [0.5, 0.6) is 0 Å². The molecule has 0 saturated heterocycles. The van der Waals surface area contributed by atoms with E-state index < -0.39 is 35.2 Å². The molecule has 202 valence electrons. The van der Waals surface area contributed by atoms with Crippen molar-refractivity contribution in [1.29, 1.82) is 0 Å². The molecule has 4 rings (SSSR count). The van der Waals surface area contributed by atoms with Crippen molar-refractivity contribution in [1.82, 2.24) is 15.2 Å². The zero-order chi connectivity index (χ0) is 27.7. The Morgan fingerprint density at radius 2 is 1.84 bits per heavy atom. The van der Waals surface area contributed by atoms with Crippen molar-refractivity contribution < 1.29 is 32.7 Å². The second kappa shape index (κ2) is 10.5. The predicted molar refractivity (Wildman–Crippen MR) is 135 cm³/mol. The van der Waals surface area contributed by atoms with Crippen LogP contribution in [0.2, 0.25) is 0 Å². The molecule has 1 aliphatic rings. The van der Waals surface area contributed by atoms with Gasteiger partial charge in [-0.1, -0.05) is 49.4 Å². The van der Waals surface area contributed by atoms with Gasteiger partial charge in [-0.15, -0.1) is 0 Å². The number of amides is 2. The third-order valence-electron chi connectivity index (χ3n) is 7.44. The number of aromatic amines is 1. The Morgan fingerprint density at radius 1 is 1.13 bits per heavy atom. The number of hydrogen-bond acceptors (Lipinski definition) is 3. The zero-order valence-electron chi connectivity index (χ0n) is 21.2. The molecule has 2 aromatic carbocycles. The van der Waals surface area contributed by atoms with Gasteiger partial charge >= 0.3 is 12.1 Å². The Hall–Kier alpha value is -3.82. The van der Waals surface area contributed by atoms with Crippen molar-refractivity contribution in [2.24, 2.45) is 0 Å². The summed E-state index contributed by atoms with van der Waals surface area (Å²) in [7, 11) is 1.62. The predicted octanol–water partition coefficient (Wildman–Crippen LogP) is 4.48. The van der Waals surface area contributed by atoms with E-state index in [1.807, 2.05) is 37.3 Å². The van der Waals surface area contributed by atoms with Crippen molar-refractivity contribution in [3.63, 3.8) is 0 Å². The average molecular weight is 530 g/mol. The summed E-state index contributed by atoms with van der Waals surface area (Å²) in [5.74, 6) is -1.94. The fourth-order valence-corrected chi connectivity index (χ4v) is 5.24. The van der Waals surface area contributed by atoms with Crippen LogP contribution in [0.1, 0.15) is 48.6 Å². The quantitative estimate of drug-likeness (QED) is 0.400. The van der Waals surface area contributed by atoms with E-state index in [-0.39, 0.29) is 43.5 Å². The number of carbonyl (C=O) groups is 3. The monoisotopic (exact) mass is 529 g/mol. The van der Waals surface area contributed by atoms with Gasteiger partial charge in [0.1, 0.15) is 5.54 Å². The largest absolute Gasteiger partial charge is 0.479 e. The SMILES string of the molecule is CC[C@@H](CC(=O)N[C@]1(C(=O)O)CCc2[nH]c3c(C(F)(F)F)cccc3c2C1)N(C)C(=O)Cc1ccccc1. The van der Waals surface area contributed by atoms with E-state index in [0.717, 1.165) is 11.6 Å². The number of nitrogens with one attached hydrogen (secondary N) is 2. The van der Waals surface area contributed by atoms with Crippen molar-refractivity contribution >= 4 is 28.7 Å². The molecule has 2 atom stereocenters. The molecule has 1 heterocycles. The van der Waals surface area contributed by atoms with E-state index in [4.69, 9.17) is 0 Å². The minimum absolute atomic E-state index is 0.0226. The van der Waals surface area contributed by atoms with Crippen LogP contribution in [0.4, 0.5) is 13.2 Å². The number of para-hydroxylation sites is 1. The fraction of sp³-hybridized carbons (Fsp3) is 0.393. The van der Waals surface area contributed by atoms with Crippen LogP contribution in [-0.2, 0) is 39.8 Å². The number of carboxylic acid groups (broad SMARTS) is 1. The molecule has 1 aromatic heterocycles. The van der Waals surface area contributed by atoms with E-state index in [0.29, 0.717) is 23.1 Å². The van der Waals surface area contributed by atoms with Gasteiger partial charge in [0.05, 0.1) is 17.5 Å². The first kappa shape index (κ1) is 27.2. The molecule has 10 heteroatoms. The van der Waals surface area contributed by atoms with Gasteiger partial charge in [-0.3, -0.25) is 9.59 Å². The first-order chi connectivity index (χ1) is 17.9. The molecular weight excluding hydrogens is 499 g/mol. The molecule has 3 N–H and O–H groups in total. The third kappa shape index (κ3) is 5.39. The zero-order valence-corrected chi connectivity index (χ0v) is 21.2. The maximum Gasteiger partial charge on any atom is 0.418 e. The van der Waals surface area contributed by atoms with E-state index in [1.54, 1.807) is 7.05 Å². The number of halogens is 3. The highest BCUT2D eigenvalue weighted by molar-refractivity contribution is 5.92. The number of aryl methyl sites for hydroxylation is 1. The molecule has 3 aromatic rings. The van der Waals surface area contributed by atoms with Crippen LogP contribution in [0.3, 0.4) is 0 Å². The second-order valence-electron chi connectivity index (χ2n) is 9.85. The summed E-state index contributed by atoms with van der Waals surface area (Å²) < 4.78 is 40.6. The average Bonchev–Trinajstić information content (AvgIpc) is 3.24. The third-order valence-corrected chi connectivity index (χ3v) is 7.44. The number of H-pyrrole nitrogens is 1. The summed E-state index contributed by atoms with van der Waals surface area (Å²) in [6.45, 7) is 1.84. The fourth-order valence-electron chi connectivity index (χ4n) is 5.24. The molecule has 7 nitrogen and oxygen atoms in total. The number of aliphatic carboxylic acids is 1. The van der Waals surface area contributed by atoms with E-state index in [9.17, 15) is 32.7 Å². The lowest BCUT2D eigenvalue weighted by atomic mass is 9.79. The van der Waals surface area contributed by atoms with Crippen molar-refractivity contribution in [2.75, 3.05) is 7.05 Å².